The van der Waals surface area contributed by atoms with E-state index >= 15 is 0 Å². The maximum Gasteiger partial charge on any atom is 0.419 e. The summed E-state index contributed by atoms with van der Waals surface area (Å²) in [5, 5.41) is 0. The fourth-order valence-corrected chi connectivity index (χ4v) is 4.38. The van der Waals surface area contributed by atoms with Crippen LogP contribution in [0.3, 0.4) is 0 Å². The van der Waals surface area contributed by atoms with Gasteiger partial charge in [0.15, 0.2) is 0 Å². The number of methoxy groups -OCH3 is 1. The highest BCUT2D eigenvalue weighted by Gasteiger charge is 2.57. The molecule has 2 fully saturated rings. The van der Waals surface area contributed by atoms with Crippen molar-refractivity contribution < 1.29 is 31.1 Å². The zero-order valence-electron chi connectivity index (χ0n) is 16.5. The Morgan fingerprint density at radius 1 is 1.16 bits per heavy atom. The largest absolute Gasteiger partial charge is 0.419 e. The minimum Gasteiger partial charge on any atom is -0.383 e. The van der Waals surface area contributed by atoms with Gasteiger partial charge >= 0.3 is 12.4 Å². The zero-order chi connectivity index (χ0) is 22.6. The molecule has 1 saturated heterocycles. The molecule has 170 valence electrons. The number of piperidine rings is 1. The van der Waals surface area contributed by atoms with E-state index in [9.17, 15) is 26.3 Å². The number of nitrogens with zero attached hydrogens (tertiary/aromatic N) is 4. The summed E-state index contributed by atoms with van der Waals surface area (Å²) in [6, 6.07) is 0.619. The summed E-state index contributed by atoms with van der Waals surface area (Å²) in [5.41, 5.74) is 4.16. The molecule has 31 heavy (non-hydrogen) atoms. The van der Waals surface area contributed by atoms with Gasteiger partial charge in [-0.15, -0.1) is 0 Å². The predicted octanol–water partition coefficient (Wildman–Crippen LogP) is 3.40. The molecule has 2 aliphatic rings. The van der Waals surface area contributed by atoms with Gasteiger partial charge in [-0.2, -0.15) is 26.3 Å². The van der Waals surface area contributed by atoms with E-state index in [0.29, 0.717) is 6.61 Å². The average molecular weight is 449 g/mol. The summed E-state index contributed by atoms with van der Waals surface area (Å²) in [7, 11) is 1.60. The number of rotatable bonds is 6. The quantitative estimate of drug-likeness (QED) is 0.685. The molecule has 0 spiro atoms. The highest BCUT2D eigenvalue weighted by molar-refractivity contribution is 5.62. The number of aromatic nitrogens is 3. The Kier molecular flexibility index (Phi) is 5.41. The van der Waals surface area contributed by atoms with Gasteiger partial charge in [-0.25, -0.2) is 9.97 Å². The van der Waals surface area contributed by atoms with E-state index in [1.54, 1.807) is 7.11 Å². The Balaban J connectivity index is 1.62. The number of halogens is 6. The Hall–Kier alpha value is -2.34. The van der Waals surface area contributed by atoms with Gasteiger partial charge < -0.3 is 19.9 Å². The molecule has 3 heterocycles. The van der Waals surface area contributed by atoms with Gasteiger partial charge in [0.1, 0.15) is 18.1 Å². The van der Waals surface area contributed by atoms with Crippen LogP contribution in [0.1, 0.15) is 17.4 Å². The Morgan fingerprint density at radius 3 is 2.42 bits per heavy atom. The van der Waals surface area contributed by atoms with Gasteiger partial charge in [-0.1, -0.05) is 0 Å². The molecule has 0 unspecified atom stereocenters. The summed E-state index contributed by atoms with van der Waals surface area (Å²) in [4.78, 5) is 9.79. The lowest BCUT2D eigenvalue weighted by Gasteiger charge is -2.20. The lowest BCUT2D eigenvalue weighted by Crippen LogP contribution is -2.29. The number of hydrogen-bond donors (Lipinski definition) is 1. The molecule has 0 radical (unpaired) electrons. The number of hydrogen-bond acceptors (Lipinski definition) is 5. The fourth-order valence-electron chi connectivity index (χ4n) is 4.38. The van der Waals surface area contributed by atoms with Crippen molar-refractivity contribution in [1.29, 1.82) is 0 Å². The van der Waals surface area contributed by atoms with Crippen molar-refractivity contribution in [3.8, 4) is 11.3 Å². The minimum absolute atomic E-state index is 0.0125. The SMILES string of the molecule is COCCN1C[C@@H]2[C@H](C1)[C@@H]2n1cc(-c2cnc(N)c(C(F)(F)F)c2)nc1CC(F)(F)F. The Morgan fingerprint density at radius 2 is 1.84 bits per heavy atom. The van der Waals surface area contributed by atoms with E-state index in [0.717, 1.165) is 31.9 Å². The van der Waals surface area contributed by atoms with E-state index < -0.39 is 30.2 Å². The van der Waals surface area contributed by atoms with Crippen LogP contribution in [0, 0.1) is 11.8 Å². The molecule has 1 saturated carbocycles. The first-order valence-corrected chi connectivity index (χ1v) is 9.67. The van der Waals surface area contributed by atoms with Gasteiger partial charge in [0.05, 0.1) is 17.9 Å². The van der Waals surface area contributed by atoms with E-state index in [-0.39, 0.29) is 35.0 Å². The molecule has 6 nitrogen and oxygen atoms in total. The van der Waals surface area contributed by atoms with Crippen LogP contribution in [0.4, 0.5) is 32.2 Å². The molecule has 1 aliphatic carbocycles. The molecule has 12 heteroatoms. The average Bonchev–Trinajstić information content (AvgIpc) is 3.00. The summed E-state index contributed by atoms with van der Waals surface area (Å²) in [6.07, 6.45) is -7.99. The summed E-state index contributed by atoms with van der Waals surface area (Å²) < 4.78 is 85.4. The molecular formula is C19H21F6N5O. The van der Waals surface area contributed by atoms with Crippen LogP contribution in [0.15, 0.2) is 18.5 Å². The number of likely N-dealkylation sites (tertiary alicyclic amines) is 1. The maximum absolute atomic E-state index is 13.2. The first-order chi connectivity index (χ1) is 14.5. The van der Waals surface area contributed by atoms with E-state index in [1.165, 1.54) is 10.8 Å². The summed E-state index contributed by atoms with van der Waals surface area (Å²) in [6.45, 7) is 2.79. The highest BCUT2D eigenvalue weighted by Crippen LogP contribution is 2.56. The van der Waals surface area contributed by atoms with Gasteiger partial charge in [0, 0.05) is 50.7 Å². The number of ether oxygens (including phenoxy) is 1. The van der Waals surface area contributed by atoms with E-state index in [4.69, 9.17) is 10.5 Å². The Labute approximate surface area is 174 Å². The summed E-state index contributed by atoms with van der Waals surface area (Å²) in [5.74, 6) is -0.544. The molecule has 0 amide bonds. The van der Waals surface area contributed by atoms with Crippen molar-refractivity contribution >= 4 is 5.82 Å². The van der Waals surface area contributed by atoms with Crippen molar-refractivity contribution in [3.63, 3.8) is 0 Å². The molecule has 2 aromatic heterocycles. The van der Waals surface area contributed by atoms with Crippen LogP contribution in [-0.2, 0) is 17.3 Å². The Bertz CT molecular complexity index is 944. The number of anilines is 1. The molecule has 0 aromatic carbocycles. The number of nitrogens with two attached hydrogens (primary N) is 1. The topological polar surface area (TPSA) is 69.2 Å². The molecule has 2 N–H and O–H groups in total. The fraction of sp³-hybridized carbons (Fsp3) is 0.579. The zero-order valence-corrected chi connectivity index (χ0v) is 16.5. The van der Waals surface area contributed by atoms with Crippen molar-refractivity contribution in [1.82, 2.24) is 19.4 Å². The molecule has 0 bridgehead atoms. The third-order valence-electron chi connectivity index (χ3n) is 5.84. The smallest absolute Gasteiger partial charge is 0.383 e. The molecule has 2 aromatic rings. The second-order valence-electron chi connectivity index (χ2n) is 7.97. The van der Waals surface area contributed by atoms with Gasteiger partial charge in [0.25, 0.3) is 0 Å². The minimum atomic E-state index is -4.73. The number of alkyl halides is 6. The van der Waals surface area contributed by atoms with Crippen molar-refractivity contribution in [2.45, 2.75) is 24.8 Å². The van der Waals surface area contributed by atoms with Crippen LogP contribution in [0.2, 0.25) is 0 Å². The van der Waals surface area contributed by atoms with Crippen molar-refractivity contribution in [2.24, 2.45) is 11.8 Å². The molecule has 3 atom stereocenters. The lowest BCUT2D eigenvalue weighted by atomic mass is 10.1. The van der Waals surface area contributed by atoms with Crippen LogP contribution >= 0.6 is 0 Å². The standard InChI is InChI=1S/C19H21F6N5O/c1-31-3-2-29-7-11-12(8-29)16(11)30-9-14(28-15(30)5-18(20,21)22)10-4-13(19(23,24)25)17(26)27-6-10/h4,6,9,11-12,16H,2-3,5,7-8H2,1H3,(H2,26,27)/t11-,12+,16-. The monoisotopic (exact) mass is 449 g/mol. The van der Waals surface area contributed by atoms with E-state index in [1.807, 2.05) is 0 Å². The van der Waals surface area contributed by atoms with Gasteiger partial charge in [0.2, 0.25) is 0 Å². The second kappa shape index (κ2) is 7.66. The van der Waals surface area contributed by atoms with Crippen LogP contribution < -0.4 is 5.73 Å². The number of fused-ring (bicyclic) bond motifs is 1. The van der Waals surface area contributed by atoms with E-state index in [2.05, 4.69) is 14.9 Å². The maximum atomic E-state index is 13.2. The predicted molar refractivity (Wildman–Crippen MR) is 99.0 cm³/mol. The number of nitrogen functional groups attached to an aromatic ring is 1. The van der Waals surface area contributed by atoms with Crippen molar-refractivity contribution in [2.75, 3.05) is 39.1 Å². The summed E-state index contributed by atoms with van der Waals surface area (Å²) >= 11 is 0. The van der Waals surface area contributed by atoms with Crippen LogP contribution in [0.25, 0.3) is 11.3 Å². The van der Waals surface area contributed by atoms with Crippen LogP contribution in [-0.4, -0.2) is 59.0 Å². The molecular weight excluding hydrogens is 428 g/mol. The van der Waals surface area contributed by atoms with Gasteiger partial charge in [-0.05, 0) is 17.9 Å². The van der Waals surface area contributed by atoms with Crippen LogP contribution in [0.5, 0.6) is 0 Å². The van der Waals surface area contributed by atoms with Crippen molar-refractivity contribution in [3.05, 3.63) is 29.8 Å². The normalized spacial score (nSPS) is 23.9. The third kappa shape index (κ3) is 4.49. The van der Waals surface area contributed by atoms with Gasteiger partial charge in [-0.3, -0.25) is 0 Å². The second-order valence-corrected chi connectivity index (χ2v) is 7.97. The number of imidazole rings is 1. The third-order valence-corrected chi connectivity index (χ3v) is 5.84. The molecule has 4 rings (SSSR count). The lowest BCUT2D eigenvalue weighted by molar-refractivity contribution is -0.137. The highest BCUT2D eigenvalue weighted by atomic mass is 19.4. The molecule has 1 aliphatic heterocycles. The first kappa shape index (κ1) is 21.9. The number of pyridine rings is 1. The first-order valence-electron chi connectivity index (χ1n) is 9.67.